The van der Waals surface area contributed by atoms with Gasteiger partial charge in [0.2, 0.25) is 0 Å². The highest BCUT2D eigenvalue weighted by Gasteiger charge is 2.26. The number of aromatic nitrogens is 1. The Morgan fingerprint density at radius 3 is 2.47 bits per heavy atom. The molecule has 0 atom stereocenters. The first-order valence-electron chi connectivity index (χ1n) is 6.24. The number of ether oxygens (including phenoxy) is 1. The van der Waals surface area contributed by atoms with E-state index < -0.39 is 0 Å². The molecule has 6 nitrogen and oxygen atoms in total. The summed E-state index contributed by atoms with van der Waals surface area (Å²) in [6, 6.07) is 0. The van der Waals surface area contributed by atoms with Crippen molar-refractivity contribution in [2.75, 3.05) is 32.8 Å². The molecule has 0 bridgehead atoms. The fraction of sp³-hybridized carbons (Fsp3) is 0.583. The van der Waals surface area contributed by atoms with Gasteiger partial charge in [0.1, 0.15) is 4.88 Å². The van der Waals surface area contributed by atoms with E-state index in [0.29, 0.717) is 37.7 Å². The maximum Gasteiger partial charge on any atom is 0.409 e. The van der Waals surface area contributed by atoms with Crippen molar-refractivity contribution >= 4 is 23.3 Å². The Labute approximate surface area is 116 Å². The van der Waals surface area contributed by atoms with Crippen LogP contribution in [0.3, 0.4) is 0 Å². The van der Waals surface area contributed by atoms with Crippen molar-refractivity contribution in [1.29, 1.82) is 0 Å². The Morgan fingerprint density at radius 1 is 1.32 bits per heavy atom. The number of amides is 2. The van der Waals surface area contributed by atoms with Crippen LogP contribution < -0.4 is 0 Å². The standard InChI is InChI=1S/C12H17N3O3S/c1-3-18-12(17)15-6-4-14(5-7-15)11(16)10-9(2)13-8-19-10/h8H,3-7H2,1-2H3. The first kappa shape index (κ1) is 13.8. The molecule has 0 spiro atoms. The second kappa shape index (κ2) is 6.01. The quantitative estimate of drug-likeness (QED) is 0.822. The van der Waals surface area contributed by atoms with Crippen LogP contribution in [0.5, 0.6) is 0 Å². The lowest BCUT2D eigenvalue weighted by Gasteiger charge is -2.33. The summed E-state index contributed by atoms with van der Waals surface area (Å²) in [5.41, 5.74) is 2.44. The van der Waals surface area contributed by atoms with E-state index >= 15 is 0 Å². The first-order chi connectivity index (χ1) is 9.13. The molecule has 1 aliphatic rings. The van der Waals surface area contributed by atoms with Crippen LogP contribution in [-0.2, 0) is 4.74 Å². The van der Waals surface area contributed by atoms with Gasteiger partial charge in [-0.05, 0) is 13.8 Å². The van der Waals surface area contributed by atoms with E-state index in [1.54, 1.807) is 22.2 Å². The number of aryl methyl sites for hydroxylation is 1. The largest absolute Gasteiger partial charge is 0.450 e. The molecule has 104 valence electrons. The van der Waals surface area contributed by atoms with Gasteiger partial charge in [-0.1, -0.05) is 0 Å². The molecule has 1 aromatic rings. The zero-order valence-electron chi connectivity index (χ0n) is 11.1. The number of piperazine rings is 1. The lowest BCUT2D eigenvalue weighted by molar-refractivity contribution is 0.0573. The SMILES string of the molecule is CCOC(=O)N1CCN(C(=O)c2scnc2C)CC1. The molecule has 1 aromatic heterocycles. The van der Waals surface area contributed by atoms with Gasteiger partial charge in [0.25, 0.3) is 5.91 Å². The van der Waals surface area contributed by atoms with E-state index in [2.05, 4.69) is 4.98 Å². The molecule has 0 saturated carbocycles. The predicted octanol–water partition coefficient (Wildman–Crippen LogP) is 1.37. The van der Waals surface area contributed by atoms with Crippen LogP contribution in [0.2, 0.25) is 0 Å². The molecule has 2 amide bonds. The summed E-state index contributed by atoms with van der Waals surface area (Å²) in [5.74, 6) is 0.00325. The van der Waals surface area contributed by atoms with Crippen LogP contribution >= 0.6 is 11.3 Å². The predicted molar refractivity (Wildman–Crippen MR) is 71.3 cm³/mol. The van der Waals surface area contributed by atoms with Gasteiger partial charge in [-0.25, -0.2) is 9.78 Å². The molecule has 0 unspecified atom stereocenters. The molecular formula is C12H17N3O3S. The summed E-state index contributed by atoms with van der Waals surface area (Å²) in [6.45, 7) is 6.09. The lowest BCUT2D eigenvalue weighted by Crippen LogP contribution is -2.50. The van der Waals surface area contributed by atoms with Gasteiger partial charge in [0, 0.05) is 26.2 Å². The van der Waals surface area contributed by atoms with Crippen molar-refractivity contribution in [3.05, 3.63) is 16.1 Å². The van der Waals surface area contributed by atoms with Crippen molar-refractivity contribution in [1.82, 2.24) is 14.8 Å². The molecule has 0 aliphatic carbocycles. The summed E-state index contributed by atoms with van der Waals surface area (Å²) < 4.78 is 4.94. The fourth-order valence-corrected chi connectivity index (χ4v) is 2.73. The second-order valence-corrected chi connectivity index (χ2v) is 5.10. The molecule has 1 saturated heterocycles. The van der Waals surface area contributed by atoms with E-state index in [-0.39, 0.29) is 12.0 Å². The van der Waals surface area contributed by atoms with Crippen LogP contribution in [-0.4, -0.2) is 59.6 Å². The molecule has 19 heavy (non-hydrogen) atoms. The van der Waals surface area contributed by atoms with Gasteiger partial charge in [0.15, 0.2) is 0 Å². The maximum atomic E-state index is 12.2. The van der Waals surface area contributed by atoms with Gasteiger partial charge < -0.3 is 14.5 Å². The van der Waals surface area contributed by atoms with E-state index in [1.807, 2.05) is 6.92 Å². The average molecular weight is 283 g/mol. The van der Waals surface area contributed by atoms with Crippen LogP contribution in [0.25, 0.3) is 0 Å². The Hall–Kier alpha value is -1.63. The minimum Gasteiger partial charge on any atom is -0.450 e. The van der Waals surface area contributed by atoms with E-state index in [0.717, 1.165) is 5.69 Å². The molecule has 2 rings (SSSR count). The Bertz CT molecular complexity index is 467. The normalized spacial score (nSPS) is 15.5. The fourth-order valence-electron chi connectivity index (χ4n) is 1.96. The highest BCUT2D eigenvalue weighted by atomic mass is 32.1. The number of hydrogen-bond donors (Lipinski definition) is 0. The van der Waals surface area contributed by atoms with Crippen LogP contribution in [0.4, 0.5) is 4.79 Å². The van der Waals surface area contributed by atoms with Crippen LogP contribution in [0.15, 0.2) is 5.51 Å². The van der Waals surface area contributed by atoms with Gasteiger partial charge in [-0.3, -0.25) is 4.79 Å². The van der Waals surface area contributed by atoms with E-state index in [9.17, 15) is 9.59 Å². The molecule has 7 heteroatoms. The summed E-state index contributed by atoms with van der Waals surface area (Å²) in [5, 5.41) is 0. The highest BCUT2D eigenvalue weighted by Crippen LogP contribution is 2.16. The number of hydrogen-bond acceptors (Lipinski definition) is 5. The van der Waals surface area contributed by atoms with Crippen molar-refractivity contribution in [3.8, 4) is 0 Å². The number of thiazole rings is 1. The molecule has 0 radical (unpaired) electrons. The van der Waals surface area contributed by atoms with Crippen LogP contribution in [0, 0.1) is 6.92 Å². The van der Waals surface area contributed by atoms with Gasteiger partial charge in [-0.15, -0.1) is 11.3 Å². The number of carbonyl (C=O) groups excluding carboxylic acids is 2. The number of nitrogens with zero attached hydrogens (tertiary/aromatic N) is 3. The summed E-state index contributed by atoms with van der Waals surface area (Å²) in [4.78, 5) is 32.0. The molecule has 2 heterocycles. The second-order valence-electron chi connectivity index (χ2n) is 4.25. The lowest BCUT2D eigenvalue weighted by atomic mass is 10.3. The zero-order valence-corrected chi connectivity index (χ0v) is 11.9. The van der Waals surface area contributed by atoms with Crippen molar-refractivity contribution in [2.24, 2.45) is 0 Å². The smallest absolute Gasteiger partial charge is 0.409 e. The van der Waals surface area contributed by atoms with Gasteiger partial charge >= 0.3 is 6.09 Å². The summed E-state index contributed by atoms with van der Waals surface area (Å²) >= 11 is 1.36. The maximum absolute atomic E-state index is 12.2. The number of rotatable bonds is 2. The Morgan fingerprint density at radius 2 is 1.95 bits per heavy atom. The van der Waals surface area contributed by atoms with Crippen molar-refractivity contribution in [3.63, 3.8) is 0 Å². The third-order valence-corrected chi connectivity index (χ3v) is 3.95. The summed E-state index contributed by atoms with van der Waals surface area (Å²) in [7, 11) is 0. The third-order valence-electron chi connectivity index (χ3n) is 3.03. The van der Waals surface area contributed by atoms with Gasteiger partial charge in [-0.2, -0.15) is 0 Å². The monoisotopic (exact) mass is 283 g/mol. The van der Waals surface area contributed by atoms with Crippen LogP contribution in [0.1, 0.15) is 22.3 Å². The van der Waals surface area contributed by atoms with Crippen molar-refractivity contribution < 1.29 is 14.3 Å². The van der Waals surface area contributed by atoms with E-state index in [4.69, 9.17) is 4.74 Å². The molecular weight excluding hydrogens is 266 g/mol. The topological polar surface area (TPSA) is 62.7 Å². The van der Waals surface area contributed by atoms with Gasteiger partial charge in [0.05, 0.1) is 17.8 Å². The molecule has 1 aliphatic heterocycles. The minimum atomic E-state index is -0.302. The number of carbonyl (C=O) groups is 2. The van der Waals surface area contributed by atoms with Crippen molar-refractivity contribution in [2.45, 2.75) is 13.8 Å². The molecule has 0 N–H and O–H groups in total. The zero-order chi connectivity index (χ0) is 13.8. The molecule has 1 fully saturated rings. The average Bonchev–Trinajstić information content (AvgIpc) is 2.84. The molecule has 0 aromatic carbocycles. The Kier molecular flexibility index (Phi) is 4.36. The highest BCUT2D eigenvalue weighted by molar-refractivity contribution is 7.11. The minimum absolute atomic E-state index is 0.00325. The summed E-state index contributed by atoms with van der Waals surface area (Å²) in [6.07, 6.45) is -0.302. The first-order valence-corrected chi connectivity index (χ1v) is 7.12. The Balaban J connectivity index is 1.92. The van der Waals surface area contributed by atoms with E-state index in [1.165, 1.54) is 11.3 Å². The third kappa shape index (κ3) is 3.04.